The van der Waals surface area contributed by atoms with Crippen molar-refractivity contribution in [1.82, 2.24) is 25.9 Å². The van der Waals surface area contributed by atoms with Gasteiger partial charge in [0.15, 0.2) is 5.82 Å². The maximum absolute atomic E-state index is 11.7. The molecule has 1 heterocycles. The fraction of sp³-hybridized carbons (Fsp3) is 0.231. The number of aromatic amines is 1. The van der Waals surface area contributed by atoms with Crippen molar-refractivity contribution in [3.05, 3.63) is 41.7 Å². The Morgan fingerprint density at radius 1 is 1.45 bits per heavy atom. The summed E-state index contributed by atoms with van der Waals surface area (Å²) < 4.78 is 5.47. The summed E-state index contributed by atoms with van der Waals surface area (Å²) in [5.41, 5.74) is 0.851. The van der Waals surface area contributed by atoms with Gasteiger partial charge in [0.1, 0.15) is 5.75 Å². The fourth-order valence-electron chi connectivity index (χ4n) is 1.55. The molecule has 2 aromatic rings. The molecule has 0 saturated heterocycles. The van der Waals surface area contributed by atoms with E-state index in [1.54, 1.807) is 6.08 Å². The molecule has 0 aliphatic rings. The Balaban J connectivity index is 1.93. The van der Waals surface area contributed by atoms with Crippen LogP contribution in [-0.2, 0) is 11.3 Å². The molecule has 20 heavy (non-hydrogen) atoms. The second-order valence-electron chi connectivity index (χ2n) is 3.85. The minimum absolute atomic E-state index is 0.229. The van der Waals surface area contributed by atoms with Gasteiger partial charge < -0.3 is 10.1 Å². The van der Waals surface area contributed by atoms with Crippen molar-refractivity contribution in [2.75, 3.05) is 6.61 Å². The van der Waals surface area contributed by atoms with Gasteiger partial charge in [0, 0.05) is 11.6 Å². The Labute approximate surface area is 116 Å². The Bertz CT molecular complexity index is 580. The molecule has 0 fully saturated rings. The van der Waals surface area contributed by atoms with Crippen molar-refractivity contribution in [1.29, 1.82) is 0 Å². The normalized spacial score (nSPS) is 10.7. The number of carbonyl (C=O) groups is 1. The van der Waals surface area contributed by atoms with E-state index in [0.717, 1.165) is 11.3 Å². The summed E-state index contributed by atoms with van der Waals surface area (Å²) in [6, 6.07) is 7.52. The molecule has 0 atom stereocenters. The van der Waals surface area contributed by atoms with Crippen LogP contribution in [-0.4, -0.2) is 33.1 Å². The third-order valence-electron chi connectivity index (χ3n) is 2.44. The number of ether oxygens (including phenoxy) is 1. The van der Waals surface area contributed by atoms with Crippen molar-refractivity contribution >= 4 is 12.0 Å². The van der Waals surface area contributed by atoms with Crippen LogP contribution >= 0.6 is 0 Å². The number of H-pyrrole nitrogens is 1. The van der Waals surface area contributed by atoms with Crippen LogP contribution in [0.15, 0.2) is 30.3 Å². The molecular formula is C13H15N5O2. The predicted molar refractivity (Wildman–Crippen MR) is 72.7 cm³/mol. The van der Waals surface area contributed by atoms with E-state index in [1.807, 2.05) is 31.2 Å². The molecule has 1 aromatic heterocycles. The number of tetrazole rings is 1. The van der Waals surface area contributed by atoms with Crippen molar-refractivity contribution in [2.45, 2.75) is 13.5 Å². The first-order valence-corrected chi connectivity index (χ1v) is 6.19. The molecule has 1 aromatic carbocycles. The number of benzene rings is 1. The molecule has 0 unspecified atom stereocenters. The Hall–Kier alpha value is -2.70. The number of nitrogens with one attached hydrogen (secondary N) is 2. The smallest absolute Gasteiger partial charge is 0.244 e. The summed E-state index contributed by atoms with van der Waals surface area (Å²) in [7, 11) is 0. The third-order valence-corrected chi connectivity index (χ3v) is 2.44. The monoisotopic (exact) mass is 273 g/mol. The molecule has 7 nitrogen and oxygen atoms in total. The van der Waals surface area contributed by atoms with Crippen molar-refractivity contribution in [3.63, 3.8) is 0 Å². The second-order valence-corrected chi connectivity index (χ2v) is 3.85. The van der Waals surface area contributed by atoms with Crippen LogP contribution in [0.4, 0.5) is 0 Å². The summed E-state index contributed by atoms with van der Waals surface area (Å²) in [4.78, 5) is 11.7. The average molecular weight is 273 g/mol. The summed E-state index contributed by atoms with van der Waals surface area (Å²) in [6.07, 6.45) is 3.15. The maximum atomic E-state index is 11.7. The number of carbonyl (C=O) groups excluding carboxylic acids is 1. The van der Waals surface area contributed by atoms with Gasteiger partial charge in [-0.05, 0) is 19.1 Å². The van der Waals surface area contributed by atoms with Crippen LogP contribution in [0, 0.1) is 0 Å². The third kappa shape index (κ3) is 3.91. The van der Waals surface area contributed by atoms with Gasteiger partial charge in [-0.25, -0.2) is 0 Å². The quantitative estimate of drug-likeness (QED) is 0.764. The van der Waals surface area contributed by atoms with Crippen molar-refractivity contribution in [2.24, 2.45) is 0 Å². The molecule has 0 aliphatic heterocycles. The number of amides is 1. The first-order chi connectivity index (χ1) is 9.79. The van der Waals surface area contributed by atoms with Crippen molar-refractivity contribution < 1.29 is 9.53 Å². The zero-order chi connectivity index (χ0) is 14.2. The Morgan fingerprint density at radius 3 is 3.05 bits per heavy atom. The highest BCUT2D eigenvalue weighted by Crippen LogP contribution is 2.19. The standard InChI is InChI=1S/C13H15N5O2/c1-2-20-11-6-4-3-5-10(11)7-8-13(19)14-9-12-15-17-18-16-12/h3-8H,2,9H2,1H3,(H,14,19)(H,15,16,17,18). The molecule has 7 heteroatoms. The van der Waals surface area contributed by atoms with Gasteiger partial charge in [0.2, 0.25) is 5.91 Å². The van der Waals surface area contributed by atoms with Gasteiger partial charge in [0.05, 0.1) is 13.2 Å². The summed E-state index contributed by atoms with van der Waals surface area (Å²) in [6.45, 7) is 2.72. The van der Waals surface area contributed by atoms with Crippen LogP contribution in [0.2, 0.25) is 0 Å². The summed E-state index contributed by atoms with van der Waals surface area (Å²) in [5.74, 6) is 0.944. The molecule has 1 amide bonds. The highest BCUT2D eigenvalue weighted by molar-refractivity contribution is 5.92. The van der Waals surface area contributed by atoms with Crippen LogP contribution in [0.3, 0.4) is 0 Å². The lowest BCUT2D eigenvalue weighted by Gasteiger charge is -2.06. The minimum atomic E-state index is -0.235. The molecule has 0 bridgehead atoms. The van der Waals surface area contributed by atoms with Crippen LogP contribution in [0.1, 0.15) is 18.3 Å². The van der Waals surface area contributed by atoms with Gasteiger partial charge in [-0.2, -0.15) is 5.21 Å². The average Bonchev–Trinajstić information content (AvgIpc) is 2.98. The summed E-state index contributed by atoms with van der Waals surface area (Å²) in [5, 5.41) is 15.9. The molecule has 0 radical (unpaired) electrons. The number of rotatable bonds is 6. The fourth-order valence-corrected chi connectivity index (χ4v) is 1.55. The maximum Gasteiger partial charge on any atom is 0.244 e. The Kier molecular flexibility index (Phi) is 4.82. The molecule has 2 rings (SSSR count). The highest BCUT2D eigenvalue weighted by atomic mass is 16.5. The van der Waals surface area contributed by atoms with E-state index in [1.165, 1.54) is 6.08 Å². The van der Waals surface area contributed by atoms with Gasteiger partial charge in [0.25, 0.3) is 0 Å². The number of hydrogen-bond acceptors (Lipinski definition) is 5. The van der Waals surface area contributed by atoms with Crippen LogP contribution in [0.25, 0.3) is 6.08 Å². The molecule has 0 spiro atoms. The summed E-state index contributed by atoms with van der Waals surface area (Å²) >= 11 is 0. The molecule has 0 aliphatic carbocycles. The van der Waals surface area contributed by atoms with E-state index in [-0.39, 0.29) is 12.5 Å². The highest BCUT2D eigenvalue weighted by Gasteiger charge is 2.02. The largest absolute Gasteiger partial charge is 0.493 e. The number of aromatic nitrogens is 4. The first-order valence-electron chi connectivity index (χ1n) is 6.19. The number of para-hydroxylation sites is 1. The molecule has 104 valence electrons. The lowest BCUT2D eigenvalue weighted by Crippen LogP contribution is -2.21. The minimum Gasteiger partial charge on any atom is -0.493 e. The van der Waals surface area contributed by atoms with E-state index < -0.39 is 0 Å². The van der Waals surface area contributed by atoms with E-state index >= 15 is 0 Å². The number of hydrogen-bond donors (Lipinski definition) is 2. The van der Waals surface area contributed by atoms with Crippen molar-refractivity contribution in [3.8, 4) is 5.75 Å². The second kappa shape index (κ2) is 7.03. The predicted octanol–water partition coefficient (Wildman–Crippen LogP) is 0.928. The lowest BCUT2D eigenvalue weighted by atomic mass is 10.2. The van der Waals surface area contributed by atoms with Gasteiger partial charge >= 0.3 is 0 Å². The van der Waals surface area contributed by atoms with Gasteiger partial charge in [-0.3, -0.25) is 4.79 Å². The molecular weight excluding hydrogens is 258 g/mol. The van der Waals surface area contributed by atoms with Crippen LogP contribution < -0.4 is 10.1 Å². The first kappa shape index (κ1) is 13.7. The topological polar surface area (TPSA) is 92.8 Å². The zero-order valence-electron chi connectivity index (χ0n) is 11.0. The zero-order valence-corrected chi connectivity index (χ0v) is 11.0. The van der Waals surface area contributed by atoms with Gasteiger partial charge in [-0.1, -0.05) is 23.4 Å². The van der Waals surface area contributed by atoms with E-state index in [9.17, 15) is 4.79 Å². The van der Waals surface area contributed by atoms with E-state index in [4.69, 9.17) is 4.74 Å². The Morgan fingerprint density at radius 2 is 2.30 bits per heavy atom. The SMILES string of the molecule is CCOc1ccccc1C=CC(=O)NCc1nn[nH]n1. The molecule has 0 saturated carbocycles. The van der Waals surface area contributed by atoms with E-state index in [2.05, 4.69) is 25.9 Å². The van der Waals surface area contributed by atoms with Crippen LogP contribution in [0.5, 0.6) is 5.75 Å². The molecule has 2 N–H and O–H groups in total. The lowest BCUT2D eigenvalue weighted by molar-refractivity contribution is -0.116. The number of nitrogens with zero attached hydrogens (tertiary/aromatic N) is 3. The van der Waals surface area contributed by atoms with Gasteiger partial charge in [-0.15, -0.1) is 10.2 Å². The van der Waals surface area contributed by atoms with E-state index in [0.29, 0.717) is 12.4 Å².